The molecule has 3 N–H and O–H groups in total. The van der Waals surface area contributed by atoms with Crippen LogP contribution in [0.15, 0.2) is 59.6 Å². The molecule has 178 valence electrons. The molecule has 6 rings (SSSR count). The van der Waals surface area contributed by atoms with Crippen LogP contribution in [0.3, 0.4) is 0 Å². The molecule has 0 amide bonds. The number of aromatic nitrogens is 2. The van der Waals surface area contributed by atoms with Crippen molar-refractivity contribution in [3.8, 4) is 17.2 Å². The minimum atomic E-state index is -0.448. The van der Waals surface area contributed by atoms with Crippen molar-refractivity contribution >= 4 is 34.5 Å². The van der Waals surface area contributed by atoms with E-state index in [-0.39, 0.29) is 12.6 Å². The molecule has 8 nitrogen and oxygen atoms in total. The van der Waals surface area contributed by atoms with Gasteiger partial charge in [-0.05, 0) is 29.8 Å². The molecule has 0 saturated carbocycles. The highest BCUT2D eigenvalue weighted by Crippen LogP contribution is 2.39. The standard InChI is InChI=1S/C25H21ClFN5O3/c26-17-3-1-4-18(27)16(17)13-35-15-7-5-14(6-8-15)23-30-24(28)31-25-29-19-11-21-22(12-20(19)32(23)25)34-10-2-9-33-21/h1,3-8,11-12,23H,2,9-10,13H2,(H3,28,29,30,31)/t23-/m0/s1. The Labute approximate surface area is 205 Å². The molecule has 3 aromatic carbocycles. The van der Waals surface area contributed by atoms with Gasteiger partial charge in [-0.2, -0.15) is 0 Å². The molecule has 0 unspecified atom stereocenters. The van der Waals surface area contributed by atoms with Crippen molar-refractivity contribution in [2.24, 2.45) is 10.7 Å². The summed E-state index contributed by atoms with van der Waals surface area (Å²) < 4.78 is 33.5. The number of nitrogens with one attached hydrogen (secondary N) is 1. The summed E-state index contributed by atoms with van der Waals surface area (Å²) in [5.74, 6) is 2.36. The molecule has 2 aliphatic heterocycles. The predicted octanol–water partition coefficient (Wildman–Crippen LogP) is 4.86. The summed E-state index contributed by atoms with van der Waals surface area (Å²) in [7, 11) is 0. The van der Waals surface area contributed by atoms with Crippen LogP contribution in [0.4, 0.5) is 10.3 Å². The van der Waals surface area contributed by atoms with Gasteiger partial charge >= 0.3 is 0 Å². The molecule has 0 saturated heterocycles. The summed E-state index contributed by atoms with van der Waals surface area (Å²) in [4.78, 5) is 9.32. The normalized spacial score (nSPS) is 16.7. The third-order valence-electron chi connectivity index (χ3n) is 5.93. The Bertz CT molecular complexity index is 1430. The summed E-state index contributed by atoms with van der Waals surface area (Å²) in [6, 6.07) is 15.7. The molecule has 0 fully saturated rings. The maximum absolute atomic E-state index is 14.0. The van der Waals surface area contributed by atoms with Crippen LogP contribution >= 0.6 is 11.6 Å². The lowest BCUT2D eigenvalue weighted by atomic mass is 10.1. The largest absolute Gasteiger partial charge is 0.489 e. The zero-order chi connectivity index (χ0) is 23.9. The zero-order valence-corrected chi connectivity index (χ0v) is 19.3. The van der Waals surface area contributed by atoms with Crippen LogP contribution in [0.5, 0.6) is 17.2 Å². The highest BCUT2D eigenvalue weighted by molar-refractivity contribution is 6.31. The number of guanidine groups is 1. The molecule has 0 aliphatic carbocycles. The molecule has 35 heavy (non-hydrogen) atoms. The van der Waals surface area contributed by atoms with E-state index in [2.05, 4.69) is 10.3 Å². The van der Waals surface area contributed by atoms with Gasteiger partial charge in [-0.1, -0.05) is 29.8 Å². The Kier molecular flexibility index (Phi) is 5.33. The molecule has 2 aliphatic rings. The summed E-state index contributed by atoms with van der Waals surface area (Å²) >= 11 is 6.10. The van der Waals surface area contributed by atoms with Gasteiger partial charge < -0.3 is 19.9 Å². The average molecular weight is 494 g/mol. The van der Waals surface area contributed by atoms with Crippen LogP contribution in [-0.4, -0.2) is 28.7 Å². The van der Waals surface area contributed by atoms with Crippen molar-refractivity contribution in [2.45, 2.75) is 19.2 Å². The SMILES string of the molecule is NC1=N[C@H](c2ccc(OCc3c(F)cccc3Cl)cc2)n2c(nc3cc4c(cc32)OCCCO4)N1. The molecule has 4 aromatic rings. The number of imidazole rings is 1. The maximum Gasteiger partial charge on any atom is 0.212 e. The number of halogens is 2. The quantitative estimate of drug-likeness (QED) is 0.421. The van der Waals surface area contributed by atoms with E-state index >= 15 is 0 Å². The van der Waals surface area contributed by atoms with Gasteiger partial charge in [0.25, 0.3) is 0 Å². The van der Waals surface area contributed by atoms with Crippen molar-refractivity contribution in [3.63, 3.8) is 0 Å². The third-order valence-corrected chi connectivity index (χ3v) is 6.28. The fourth-order valence-electron chi connectivity index (χ4n) is 4.21. The number of fused-ring (bicyclic) bond motifs is 4. The molecular formula is C25H21ClFN5O3. The summed E-state index contributed by atoms with van der Waals surface area (Å²) in [5.41, 5.74) is 8.85. The van der Waals surface area contributed by atoms with Gasteiger partial charge in [-0.25, -0.2) is 14.4 Å². The molecule has 3 heterocycles. The fraction of sp³-hybridized carbons (Fsp3) is 0.200. The lowest BCUT2D eigenvalue weighted by molar-refractivity contribution is 0.297. The van der Waals surface area contributed by atoms with Crippen molar-refractivity contribution in [3.05, 3.63) is 76.6 Å². The molecule has 0 spiro atoms. The highest BCUT2D eigenvalue weighted by Gasteiger charge is 2.27. The van der Waals surface area contributed by atoms with Crippen LogP contribution in [-0.2, 0) is 6.61 Å². The van der Waals surface area contributed by atoms with Gasteiger partial charge in [0.05, 0.1) is 29.3 Å². The van der Waals surface area contributed by atoms with Gasteiger partial charge in [0.15, 0.2) is 23.6 Å². The fourth-order valence-corrected chi connectivity index (χ4v) is 4.43. The summed E-state index contributed by atoms with van der Waals surface area (Å²) in [5, 5.41) is 3.36. The van der Waals surface area contributed by atoms with Crippen molar-refractivity contribution in [1.82, 2.24) is 9.55 Å². The van der Waals surface area contributed by atoms with Crippen LogP contribution in [0.25, 0.3) is 11.0 Å². The number of aliphatic imine (C=N–C) groups is 1. The molecular weight excluding hydrogens is 473 g/mol. The number of rotatable bonds is 4. The summed E-state index contributed by atoms with van der Waals surface area (Å²) in [6.07, 6.45) is 0.371. The first-order chi connectivity index (χ1) is 17.1. The first-order valence-electron chi connectivity index (χ1n) is 11.1. The first kappa shape index (κ1) is 21.5. The van der Waals surface area contributed by atoms with Crippen LogP contribution in [0.2, 0.25) is 5.02 Å². The molecule has 1 atom stereocenters. The Morgan fingerprint density at radius 2 is 1.89 bits per heavy atom. The van der Waals surface area contributed by atoms with E-state index in [9.17, 15) is 4.39 Å². The minimum absolute atomic E-state index is 0.0206. The van der Waals surface area contributed by atoms with E-state index in [0.29, 0.717) is 47.0 Å². The van der Waals surface area contributed by atoms with E-state index in [1.165, 1.54) is 6.07 Å². The number of nitrogens with two attached hydrogens (primary N) is 1. The lowest BCUT2D eigenvalue weighted by Crippen LogP contribution is -2.31. The molecule has 10 heteroatoms. The number of hydrogen-bond donors (Lipinski definition) is 2. The minimum Gasteiger partial charge on any atom is -0.489 e. The van der Waals surface area contributed by atoms with E-state index in [4.69, 9.17) is 36.5 Å². The Morgan fingerprint density at radius 1 is 1.11 bits per heavy atom. The number of ether oxygens (including phenoxy) is 3. The maximum atomic E-state index is 14.0. The van der Waals surface area contributed by atoms with E-state index in [1.807, 2.05) is 28.8 Å². The molecule has 0 radical (unpaired) electrons. The topological polar surface area (TPSA) is 95.9 Å². The third kappa shape index (κ3) is 3.97. The number of benzene rings is 3. The molecule has 1 aromatic heterocycles. The highest BCUT2D eigenvalue weighted by atomic mass is 35.5. The second-order valence-electron chi connectivity index (χ2n) is 8.21. The van der Waals surface area contributed by atoms with E-state index in [0.717, 1.165) is 23.0 Å². The van der Waals surface area contributed by atoms with Crippen molar-refractivity contribution in [2.75, 3.05) is 18.5 Å². The van der Waals surface area contributed by atoms with E-state index < -0.39 is 12.0 Å². The van der Waals surface area contributed by atoms with Crippen molar-refractivity contribution in [1.29, 1.82) is 0 Å². The zero-order valence-electron chi connectivity index (χ0n) is 18.5. The Hall–Kier alpha value is -3.98. The lowest BCUT2D eigenvalue weighted by Gasteiger charge is -2.24. The van der Waals surface area contributed by atoms with Gasteiger partial charge in [0, 0.05) is 24.1 Å². The van der Waals surface area contributed by atoms with Gasteiger partial charge in [-0.3, -0.25) is 9.88 Å². The first-order valence-corrected chi connectivity index (χ1v) is 11.5. The Morgan fingerprint density at radius 3 is 2.66 bits per heavy atom. The smallest absolute Gasteiger partial charge is 0.212 e. The molecule has 0 bridgehead atoms. The predicted molar refractivity (Wildman–Crippen MR) is 131 cm³/mol. The number of hydrogen-bond acceptors (Lipinski definition) is 7. The number of nitrogens with zero attached hydrogens (tertiary/aromatic N) is 3. The van der Waals surface area contributed by atoms with Crippen molar-refractivity contribution < 1.29 is 18.6 Å². The Balaban J connectivity index is 1.31. The second kappa shape index (κ2) is 8.66. The van der Waals surface area contributed by atoms with E-state index in [1.54, 1.807) is 24.3 Å². The van der Waals surface area contributed by atoms with Crippen LogP contribution in [0, 0.1) is 5.82 Å². The van der Waals surface area contributed by atoms with Gasteiger partial charge in [0.2, 0.25) is 5.95 Å². The van der Waals surface area contributed by atoms with Gasteiger partial charge in [-0.15, -0.1) is 0 Å². The second-order valence-corrected chi connectivity index (χ2v) is 8.62. The van der Waals surface area contributed by atoms with Gasteiger partial charge in [0.1, 0.15) is 18.2 Å². The number of anilines is 1. The van der Waals surface area contributed by atoms with Crippen LogP contribution < -0.4 is 25.3 Å². The summed E-state index contributed by atoms with van der Waals surface area (Å²) in [6.45, 7) is 1.21. The van der Waals surface area contributed by atoms with Crippen LogP contribution in [0.1, 0.15) is 23.7 Å². The average Bonchev–Trinajstić information content (AvgIpc) is 3.03. The monoisotopic (exact) mass is 493 g/mol.